The lowest BCUT2D eigenvalue weighted by atomic mass is 10.1. The van der Waals surface area contributed by atoms with Gasteiger partial charge in [-0.15, -0.1) is 0 Å². The zero-order valence-corrected chi connectivity index (χ0v) is 15.3. The highest BCUT2D eigenvalue weighted by Crippen LogP contribution is 2.32. The molecule has 0 unspecified atom stereocenters. The second kappa shape index (κ2) is 7.59. The molecule has 2 heterocycles. The van der Waals surface area contributed by atoms with Gasteiger partial charge in [0, 0.05) is 18.7 Å². The number of amides is 2. The normalized spacial score (nSPS) is 18.0. The number of hydrazone groups is 1. The molecule has 1 N–H and O–H groups in total. The molecular weight excluding hydrogens is 362 g/mol. The van der Waals surface area contributed by atoms with Crippen molar-refractivity contribution in [3.8, 4) is 17.2 Å². The lowest BCUT2D eigenvalue weighted by Gasteiger charge is -2.16. The number of hydrogen-bond acceptors (Lipinski definition) is 6. The van der Waals surface area contributed by atoms with Gasteiger partial charge in [0.15, 0.2) is 11.5 Å². The lowest BCUT2D eigenvalue weighted by Crippen LogP contribution is -2.30. The Balaban J connectivity index is 1.35. The van der Waals surface area contributed by atoms with Crippen LogP contribution in [-0.4, -0.2) is 38.5 Å². The SMILES string of the molecule is COc1ccc(N2C[C@H](C(=O)N/N=C/c3ccc4c(c3)OCO4)CC2=O)cc1. The van der Waals surface area contributed by atoms with Gasteiger partial charge in [-0.2, -0.15) is 5.10 Å². The number of nitrogens with one attached hydrogen (secondary N) is 1. The van der Waals surface area contributed by atoms with Crippen molar-refractivity contribution in [1.29, 1.82) is 0 Å². The molecule has 0 radical (unpaired) electrons. The molecule has 28 heavy (non-hydrogen) atoms. The number of fused-ring (bicyclic) bond motifs is 1. The number of carbonyl (C=O) groups excluding carboxylic acids is 2. The maximum Gasteiger partial charge on any atom is 0.245 e. The highest BCUT2D eigenvalue weighted by molar-refractivity contribution is 6.00. The van der Waals surface area contributed by atoms with E-state index in [1.165, 1.54) is 6.21 Å². The average Bonchev–Trinajstić information content (AvgIpc) is 3.34. The number of carbonyl (C=O) groups is 2. The van der Waals surface area contributed by atoms with Crippen LogP contribution < -0.4 is 24.5 Å². The average molecular weight is 381 g/mol. The van der Waals surface area contributed by atoms with Crippen LogP contribution in [0.25, 0.3) is 0 Å². The first-order valence-corrected chi connectivity index (χ1v) is 8.81. The van der Waals surface area contributed by atoms with E-state index in [4.69, 9.17) is 14.2 Å². The first-order valence-electron chi connectivity index (χ1n) is 8.81. The first kappa shape index (κ1) is 17.8. The minimum atomic E-state index is -0.455. The smallest absolute Gasteiger partial charge is 0.245 e. The van der Waals surface area contributed by atoms with Crippen molar-refractivity contribution >= 4 is 23.7 Å². The summed E-state index contributed by atoms with van der Waals surface area (Å²) in [4.78, 5) is 26.3. The van der Waals surface area contributed by atoms with E-state index in [1.54, 1.807) is 48.4 Å². The van der Waals surface area contributed by atoms with Crippen LogP contribution >= 0.6 is 0 Å². The van der Waals surface area contributed by atoms with E-state index in [2.05, 4.69) is 10.5 Å². The molecule has 2 aromatic carbocycles. The minimum Gasteiger partial charge on any atom is -0.497 e. The quantitative estimate of drug-likeness (QED) is 0.631. The third-order valence-electron chi connectivity index (χ3n) is 4.66. The van der Waals surface area contributed by atoms with Crippen LogP contribution in [0.4, 0.5) is 5.69 Å². The molecule has 2 amide bonds. The van der Waals surface area contributed by atoms with Crippen LogP contribution in [-0.2, 0) is 9.59 Å². The van der Waals surface area contributed by atoms with Gasteiger partial charge in [0.25, 0.3) is 0 Å². The molecule has 4 rings (SSSR count). The van der Waals surface area contributed by atoms with Crippen LogP contribution in [0, 0.1) is 5.92 Å². The molecule has 0 bridgehead atoms. The summed E-state index contributed by atoms with van der Waals surface area (Å²) in [7, 11) is 1.58. The molecule has 0 saturated carbocycles. The summed E-state index contributed by atoms with van der Waals surface area (Å²) < 4.78 is 15.7. The molecule has 8 nitrogen and oxygen atoms in total. The van der Waals surface area contributed by atoms with Gasteiger partial charge >= 0.3 is 0 Å². The van der Waals surface area contributed by atoms with Crippen LogP contribution in [0.15, 0.2) is 47.6 Å². The van der Waals surface area contributed by atoms with Crippen molar-refractivity contribution in [3.63, 3.8) is 0 Å². The Morgan fingerprint density at radius 1 is 1.21 bits per heavy atom. The van der Waals surface area contributed by atoms with E-state index in [0.717, 1.165) is 11.3 Å². The number of nitrogens with zero attached hydrogens (tertiary/aromatic N) is 2. The van der Waals surface area contributed by atoms with Crippen molar-refractivity contribution in [1.82, 2.24) is 5.43 Å². The fraction of sp³-hybridized carbons (Fsp3) is 0.250. The van der Waals surface area contributed by atoms with Crippen LogP contribution in [0.5, 0.6) is 17.2 Å². The van der Waals surface area contributed by atoms with E-state index in [0.29, 0.717) is 23.8 Å². The number of anilines is 1. The van der Waals surface area contributed by atoms with E-state index < -0.39 is 5.92 Å². The molecule has 0 aromatic heterocycles. The largest absolute Gasteiger partial charge is 0.497 e. The summed E-state index contributed by atoms with van der Waals surface area (Å²) in [5.74, 6) is 1.20. The number of ether oxygens (including phenoxy) is 3. The highest BCUT2D eigenvalue weighted by atomic mass is 16.7. The second-order valence-corrected chi connectivity index (χ2v) is 6.45. The summed E-state index contributed by atoms with van der Waals surface area (Å²) in [5.41, 5.74) is 4.02. The molecular formula is C20H19N3O5. The Morgan fingerprint density at radius 2 is 2.00 bits per heavy atom. The minimum absolute atomic E-state index is 0.0925. The fourth-order valence-corrected chi connectivity index (χ4v) is 3.15. The van der Waals surface area contributed by atoms with Crippen molar-refractivity contribution in [2.75, 3.05) is 25.3 Å². The molecule has 144 valence electrons. The number of methoxy groups -OCH3 is 1. The van der Waals surface area contributed by atoms with Crippen molar-refractivity contribution in [2.45, 2.75) is 6.42 Å². The van der Waals surface area contributed by atoms with Gasteiger partial charge in [0.2, 0.25) is 18.6 Å². The highest BCUT2D eigenvalue weighted by Gasteiger charge is 2.35. The molecule has 8 heteroatoms. The molecule has 0 aliphatic carbocycles. The van der Waals surface area contributed by atoms with Crippen LogP contribution in [0.1, 0.15) is 12.0 Å². The van der Waals surface area contributed by atoms with Gasteiger partial charge in [-0.3, -0.25) is 9.59 Å². The third kappa shape index (κ3) is 3.62. The molecule has 2 aliphatic rings. The van der Waals surface area contributed by atoms with E-state index in [1.807, 2.05) is 6.07 Å². The van der Waals surface area contributed by atoms with Gasteiger partial charge < -0.3 is 19.1 Å². The molecule has 0 spiro atoms. The second-order valence-electron chi connectivity index (χ2n) is 6.45. The van der Waals surface area contributed by atoms with E-state index in [-0.39, 0.29) is 25.0 Å². The summed E-state index contributed by atoms with van der Waals surface area (Å²) in [6, 6.07) is 12.5. The summed E-state index contributed by atoms with van der Waals surface area (Å²) in [6.07, 6.45) is 1.68. The summed E-state index contributed by atoms with van der Waals surface area (Å²) in [5, 5.41) is 3.99. The predicted octanol–water partition coefficient (Wildman–Crippen LogP) is 1.93. The van der Waals surface area contributed by atoms with Gasteiger partial charge in [-0.25, -0.2) is 5.43 Å². The maximum atomic E-state index is 12.4. The standard InChI is InChI=1S/C20H19N3O5/c1-26-16-5-3-15(4-6-16)23-11-14(9-19(23)24)20(25)22-21-10-13-2-7-17-18(8-13)28-12-27-17/h2-8,10,14H,9,11-12H2,1H3,(H,22,25)/b21-10+/t14-/m1/s1. The number of rotatable bonds is 5. The Morgan fingerprint density at radius 3 is 2.79 bits per heavy atom. The molecule has 1 fully saturated rings. The van der Waals surface area contributed by atoms with Gasteiger partial charge in [-0.1, -0.05) is 0 Å². The fourth-order valence-electron chi connectivity index (χ4n) is 3.15. The summed E-state index contributed by atoms with van der Waals surface area (Å²) in [6.45, 7) is 0.517. The molecule has 2 aromatic rings. The Labute approximate surface area is 161 Å². The van der Waals surface area contributed by atoms with Crippen molar-refractivity contribution in [3.05, 3.63) is 48.0 Å². The maximum absolute atomic E-state index is 12.4. The van der Waals surface area contributed by atoms with Crippen molar-refractivity contribution in [2.24, 2.45) is 11.0 Å². The molecule has 2 aliphatic heterocycles. The molecule has 1 atom stereocenters. The Hall–Kier alpha value is -3.55. The zero-order chi connectivity index (χ0) is 19.5. The van der Waals surface area contributed by atoms with E-state index in [9.17, 15) is 9.59 Å². The first-order chi connectivity index (χ1) is 13.6. The number of hydrogen-bond donors (Lipinski definition) is 1. The monoisotopic (exact) mass is 381 g/mol. The van der Waals surface area contributed by atoms with Crippen LogP contribution in [0.3, 0.4) is 0 Å². The summed E-state index contributed by atoms with van der Waals surface area (Å²) >= 11 is 0. The van der Waals surface area contributed by atoms with Gasteiger partial charge in [-0.05, 0) is 48.0 Å². The lowest BCUT2D eigenvalue weighted by molar-refractivity contribution is -0.126. The van der Waals surface area contributed by atoms with Crippen molar-refractivity contribution < 1.29 is 23.8 Å². The van der Waals surface area contributed by atoms with Crippen LogP contribution in [0.2, 0.25) is 0 Å². The van der Waals surface area contributed by atoms with E-state index >= 15 is 0 Å². The van der Waals surface area contributed by atoms with Gasteiger partial charge in [0.05, 0.1) is 19.2 Å². The number of benzene rings is 2. The van der Waals surface area contributed by atoms with Gasteiger partial charge in [0.1, 0.15) is 5.75 Å². The third-order valence-corrected chi connectivity index (χ3v) is 4.66. The predicted molar refractivity (Wildman–Crippen MR) is 102 cm³/mol. The zero-order valence-electron chi connectivity index (χ0n) is 15.3. The molecule has 1 saturated heterocycles. The Bertz CT molecular complexity index is 926. The topological polar surface area (TPSA) is 89.5 Å². The Kier molecular flexibility index (Phi) is 4.84.